The Balaban J connectivity index is 1.37. The Bertz CT molecular complexity index is 2550. The van der Waals surface area contributed by atoms with Crippen molar-refractivity contribution in [2.45, 2.75) is 19.5 Å². The van der Waals surface area contributed by atoms with Crippen molar-refractivity contribution in [3.8, 4) is 0 Å². The highest BCUT2D eigenvalue weighted by Crippen LogP contribution is 2.46. The van der Waals surface area contributed by atoms with Gasteiger partial charge in [0.2, 0.25) is 0 Å². The molecule has 1 atom stereocenters. The summed E-state index contributed by atoms with van der Waals surface area (Å²) in [6, 6.07) is 56.2. The van der Waals surface area contributed by atoms with Crippen molar-refractivity contribution in [2.24, 2.45) is 0 Å². The van der Waals surface area contributed by atoms with E-state index in [1.165, 1.54) is 43.4 Å². The number of rotatable bonds is 5. The third-order valence-electron chi connectivity index (χ3n) is 9.53. The van der Waals surface area contributed by atoms with E-state index in [0.29, 0.717) is 6.54 Å². The van der Waals surface area contributed by atoms with Crippen LogP contribution >= 0.6 is 8.16 Å². The van der Waals surface area contributed by atoms with Crippen LogP contribution < -0.4 is 4.67 Å². The minimum atomic E-state index is -1.61. The zero-order valence-corrected chi connectivity index (χ0v) is 26.9. The van der Waals surface area contributed by atoms with Crippen molar-refractivity contribution < 1.29 is 8.39 Å². The summed E-state index contributed by atoms with van der Waals surface area (Å²) < 4.78 is 16.8. The van der Waals surface area contributed by atoms with E-state index < -0.39 is 8.16 Å². The first kappa shape index (κ1) is 27.9. The fraction of sp³-hybridized carbons (Fsp3) is 0.0698. The summed E-state index contributed by atoms with van der Waals surface area (Å²) in [6.45, 7) is 2.94. The maximum atomic E-state index is 7.17. The number of nitrogens with zero attached hydrogens (tertiary/aromatic N) is 1. The molecular weight excluding hydrogens is 593 g/mol. The van der Waals surface area contributed by atoms with E-state index in [9.17, 15) is 0 Å². The SMILES string of the molecule is C[C@@H](c1cccc2ccccc12)N(Cc1cccc2ccccc12)p1oc2ccc3ccccc3c2c2c(ccc3ccccc32)o1. The average Bonchev–Trinajstić information content (AvgIpc) is 3.30. The monoisotopic (exact) mass is 625 g/mol. The Morgan fingerprint density at radius 1 is 0.468 bits per heavy atom. The standard InChI is InChI=1S/C43H32NO2P/c1-29(35-23-11-17-31-13-3-7-20-37(31)35)44(28-34-18-10-16-30-12-2-6-19-36(30)34)47-45-40-26-24-32-14-4-8-21-38(32)42(40)43-39-22-9-5-15-33(39)25-27-41(43)46-47/h2-27,29H,28H2,1H3/t29-/m0/s1. The predicted octanol–water partition coefficient (Wildman–Crippen LogP) is 12.8. The maximum Gasteiger partial charge on any atom is 0.310 e. The van der Waals surface area contributed by atoms with E-state index in [-0.39, 0.29) is 6.04 Å². The first-order chi connectivity index (χ1) is 23.2. The molecule has 0 radical (unpaired) electrons. The van der Waals surface area contributed by atoms with Crippen LogP contribution in [0.3, 0.4) is 0 Å². The third kappa shape index (κ3) is 4.79. The number of hydrogen-bond donors (Lipinski definition) is 0. The first-order valence-electron chi connectivity index (χ1n) is 16.1. The molecule has 0 amide bonds. The largest absolute Gasteiger partial charge is 0.408 e. The molecule has 8 aromatic carbocycles. The topological polar surface area (TPSA) is 29.5 Å². The van der Waals surface area contributed by atoms with Crippen LogP contribution in [0, 0.1) is 0 Å². The molecule has 47 heavy (non-hydrogen) atoms. The Morgan fingerprint density at radius 3 is 1.51 bits per heavy atom. The Labute approximate surface area is 273 Å². The summed E-state index contributed by atoms with van der Waals surface area (Å²) in [5, 5.41) is 11.8. The van der Waals surface area contributed by atoms with Crippen molar-refractivity contribution >= 4 is 73.2 Å². The molecule has 1 heterocycles. The van der Waals surface area contributed by atoms with Gasteiger partial charge in [0.15, 0.2) is 0 Å². The van der Waals surface area contributed by atoms with Crippen LogP contribution in [0.5, 0.6) is 0 Å². The fourth-order valence-electron chi connectivity index (χ4n) is 7.18. The van der Waals surface area contributed by atoms with Gasteiger partial charge in [-0.25, -0.2) is 0 Å². The van der Waals surface area contributed by atoms with Crippen molar-refractivity contribution in [2.75, 3.05) is 4.67 Å². The average molecular weight is 626 g/mol. The van der Waals surface area contributed by atoms with E-state index in [1.54, 1.807) is 0 Å². The van der Waals surface area contributed by atoms with Crippen LogP contribution in [0.15, 0.2) is 166 Å². The van der Waals surface area contributed by atoms with Gasteiger partial charge in [-0.2, -0.15) is 4.67 Å². The summed E-state index contributed by atoms with van der Waals surface area (Å²) in [5.41, 5.74) is 4.18. The van der Waals surface area contributed by atoms with Crippen molar-refractivity contribution in [1.82, 2.24) is 0 Å². The molecule has 9 rings (SSSR count). The third-order valence-corrected chi connectivity index (χ3v) is 11.1. The van der Waals surface area contributed by atoms with Gasteiger partial charge >= 0.3 is 8.16 Å². The van der Waals surface area contributed by atoms with E-state index >= 15 is 0 Å². The van der Waals surface area contributed by atoms with Crippen LogP contribution in [0.1, 0.15) is 24.1 Å². The van der Waals surface area contributed by atoms with E-state index in [4.69, 9.17) is 8.39 Å². The predicted molar refractivity (Wildman–Crippen MR) is 200 cm³/mol. The van der Waals surface area contributed by atoms with E-state index in [2.05, 4.69) is 169 Å². The lowest BCUT2D eigenvalue weighted by molar-refractivity contribution is 0.595. The lowest BCUT2D eigenvalue weighted by Gasteiger charge is -2.27. The van der Waals surface area contributed by atoms with Gasteiger partial charge in [0.05, 0.1) is 0 Å². The molecular formula is C43H32NO2P. The number of benzene rings is 8. The normalized spacial score (nSPS) is 12.6. The zero-order valence-electron chi connectivity index (χ0n) is 26.0. The van der Waals surface area contributed by atoms with Gasteiger partial charge in [-0.15, -0.1) is 0 Å². The molecule has 0 aliphatic heterocycles. The van der Waals surface area contributed by atoms with Crippen LogP contribution in [-0.2, 0) is 6.54 Å². The van der Waals surface area contributed by atoms with Crippen LogP contribution in [-0.4, -0.2) is 0 Å². The molecule has 0 bridgehead atoms. The zero-order chi connectivity index (χ0) is 31.3. The lowest BCUT2D eigenvalue weighted by Crippen LogP contribution is -2.23. The van der Waals surface area contributed by atoms with Crippen LogP contribution in [0.2, 0.25) is 0 Å². The van der Waals surface area contributed by atoms with Gasteiger partial charge in [-0.3, -0.25) is 0 Å². The fourth-order valence-corrected chi connectivity index (χ4v) is 8.74. The molecule has 0 aliphatic carbocycles. The van der Waals surface area contributed by atoms with Crippen LogP contribution in [0.25, 0.3) is 65.0 Å². The molecule has 0 spiro atoms. The maximum absolute atomic E-state index is 7.17. The molecule has 3 nitrogen and oxygen atoms in total. The minimum Gasteiger partial charge on any atom is -0.408 e. The molecule has 1 aromatic heterocycles. The van der Waals surface area contributed by atoms with Gasteiger partial charge in [0.25, 0.3) is 0 Å². The second-order valence-electron chi connectivity index (χ2n) is 12.2. The number of fused-ring (bicyclic) bond motifs is 9. The summed E-state index contributed by atoms with van der Waals surface area (Å²) in [5.74, 6) is 0. The summed E-state index contributed by atoms with van der Waals surface area (Å²) in [4.78, 5) is 0. The summed E-state index contributed by atoms with van der Waals surface area (Å²) in [7, 11) is -1.61. The van der Waals surface area contributed by atoms with Gasteiger partial charge in [0, 0.05) is 23.4 Å². The summed E-state index contributed by atoms with van der Waals surface area (Å²) in [6.07, 6.45) is 0. The smallest absolute Gasteiger partial charge is 0.310 e. The van der Waals surface area contributed by atoms with Gasteiger partial charge in [-0.1, -0.05) is 146 Å². The van der Waals surface area contributed by atoms with E-state index in [0.717, 1.165) is 32.7 Å². The molecule has 226 valence electrons. The van der Waals surface area contributed by atoms with Gasteiger partial charge in [-0.05, 0) is 73.3 Å². The second-order valence-corrected chi connectivity index (χ2v) is 13.6. The van der Waals surface area contributed by atoms with Gasteiger partial charge < -0.3 is 8.39 Å². The molecule has 0 aliphatic rings. The van der Waals surface area contributed by atoms with Crippen molar-refractivity contribution in [3.63, 3.8) is 0 Å². The molecule has 0 N–H and O–H groups in total. The molecule has 9 aromatic rings. The van der Waals surface area contributed by atoms with Gasteiger partial charge in [0.1, 0.15) is 11.2 Å². The minimum absolute atomic E-state index is 0.0166. The molecule has 0 saturated heterocycles. The highest BCUT2D eigenvalue weighted by Gasteiger charge is 2.26. The van der Waals surface area contributed by atoms with Crippen molar-refractivity contribution in [3.05, 3.63) is 169 Å². The Morgan fingerprint density at radius 2 is 0.915 bits per heavy atom. The number of hydrogen-bond acceptors (Lipinski definition) is 3. The molecule has 4 heteroatoms. The molecule has 0 fully saturated rings. The highest BCUT2D eigenvalue weighted by molar-refractivity contribution is 7.38. The second kappa shape index (κ2) is 11.5. The Kier molecular flexibility index (Phi) is 6.82. The Hall–Kier alpha value is -5.34. The molecule has 0 saturated carbocycles. The molecule has 0 unspecified atom stereocenters. The highest BCUT2D eigenvalue weighted by atomic mass is 31.1. The van der Waals surface area contributed by atoms with E-state index in [1.807, 2.05) is 0 Å². The quantitative estimate of drug-likeness (QED) is 0.191. The lowest BCUT2D eigenvalue weighted by atomic mass is 9.99. The first-order valence-corrected chi connectivity index (χ1v) is 17.3. The summed E-state index contributed by atoms with van der Waals surface area (Å²) >= 11 is 0. The van der Waals surface area contributed by atoms with Crippen LogP contribution in [0.4, 0.5) is 0 Å². The van der Waals surface area contributed by atoms with Crippen molar-refractivity contribution in [1.29, 1.82) is 0 Å².